The number of anilines is 5. The fourth-order valence-electron chi connectivity index (χ4n) is 4.60. The molecule has 0 spiro atoms. The molecule has 0 bridgehead atoms. The first-order chi connectivity index (χ1) is 27.5. The van der Waals surface area contributed by atoms with Gasteiger partial charge in [0.05, 0.1) is 12.4 Å². The Morgan fingerprint density at radius 2 is 1.04 bits per heavy atom. The van der Waals surface area contributed by atoms with Crippen molar-refractivity contribution >= 4 is 63.8 Å². The van der Waals surface area contributed by atoms with E-state index in [0.29, 0.717) is 53.9 Å². The van der Waals surface area contributed by atoms with E-state index in [1.807, 2.05) is 137 Å². The van der Waals surface area contributed by atoms with Gasteiger partial charge in [0.25, 0.3) is 0 Å². The van der Waals surface area contributed by atoms with E-state index in [4.69, 9.17) is 50.0 Å². The molecule has 300 valence electrons. The second-order valence-corrected chi connectivity index (χ2v) is 14.1. The lowest BCUT2D eigenvalue weighted by atomic mass is 10.2. The Balaban J connectivity index is 0.000000209. The fourth-order valence-corrected chi connectivity index (χ4v) is 5.05. The molecule has 0 saturated heterocycles. The first kappa shape index (κ1) is 44.3. The lowest BCUT2D eigenvalue weighted by Crippen LogP contribution is -2.19. The standard InChI is InChI=1S/C21H24ClN5O.C11H9Cl2N3.C10H16N2O/c1-27(2)12-13-28-18-10-8-17(9-11-18)25-21-24-15-19(22)20(26-21)23-14-16-6-4-3-5-7-16;12-9-7-15-11(13)16-10(9)14-6-8-4-2-1-3-5-8;1-12(2)7-8-13-10-5-3-9(11)4-6-10/h3-11,15H,12-14H2,1-2H3,(H2,23,24,25,26);1-5,7H,6H2,(H,14,15,16);3-6H,7-8,11H2,1-2H3. The summed E-state index contributed by atoms with van der Waals surface area (Å²) >= 11 is 17.8. The molecule has 0 saturated carbocycles. The van der Waals surface area contributed by atoms with Crippen molar-refractivity contribution < 1.29 is 9.47 Å². The molecule has 6 aromatic rings. The van der Waals surface area contributed by atoms with Gasteiger partial charge in [-0.2, -0.15) is 9.97 Å². The molecule has 0 radical (unpaired) electrons. The number of nitrogens with one attached hydrogen (secondary N) is 3. The highest BCUT2D eigenvalue weighted by atomic mass is 35.5. The molecule has 4 aromatic carbocycles. The highest BCUT2D eigenvalue weighted by Gasteiger charge is 2.07. The van der Waals surface area contributed by atoms with Crippen LogP contribution in [0.2, 0.25) is 15.3 Å². The monoisotopic (exact) mass is 830 g/mol. The van der Waals surface area contributed by atoms with Gasteiger partial charge in [-0.3, -0.25) is 0 Å². The second kappa shape index (κ2) is 24.3. The van der Waals surface area contributed by atoms with E-state index in [1.165, 1.54) is 6.20 Å². The number of aromatic nitrogens is 4. The Labute approximate surface area is 350 Å². The molecular formula is C42H49Cl3N10O2. The van der Waals surface area contributed by atoms with Crippen LogP contribution >= 0.6 is 34.8 Å². The Bertz CT molecular complexity index is 2030. The molecule has 5 N–H and O–H groups in total. The highest BCUT2D eigenvalue weighted by molar-refractivity contribution is 6.33. The number of nitrogens with zero attached hydrogens (tertiary/aromatic N) is 6. The van der Waals surface area contributed by atoms with Gasteiger partial charge in [0, 0.05) is 37.6 Å². The average Bonchev–Trinajstić information content (AvgIpc) is 3.21. The number of hydrogen-bond donors (Lipinski definition) is 4. The van der Waals surface area contributed by atoms with Crippen molar-refractivity contribution in [3.63, 3.8) is 0 Å². The van der Waals surface area contributed by atoms with Crippen LogP contribution in [-0.2, 0) is 13.1 Å². The number of halogens is 3. The molecule has 0 aliphatic carbocycles. The van der Waals surface area contributed by atoms with Gasteiger partial charge in [-0.15, -0.1) is 0 Å². The number of nitrogens with two attached hydrogens (primary N) is 1. The van der Waals surface area contributed by atoms with Crippen LogP contribution in [0, 0.1) is 0 Å². The van der Waals surface area contributed by atoms with Crippen molar-refractivity contribution in [2.24, 2.45) is 0 Å². The summed E-state index contributed by atoms with van der Waals surface area (Å²) < 4.78 is 11.2. The summed E-state index contributed by atoms with van der Waals surface area (Å²) in [5.74, 6) is 3.31. The molecule has 2 heterocycles. The van der Waals surface area contributed by atoms with Crippen molar-refractivity contribution in [3.8, 4) is 11.5 Å². The van der Waals surface area contributed by atoms with E-state index >= 15 is 0 Å². The molecule has 0 amide bonds. The summed E-state index contributed by atoms with van der Waals surface area (Å²) in [6, 6.07) is 35.2. The topological polar surface area (TPSA) is 139 Å². The van der Waals surface area contributed by atoms with Crippen LogP contribution < -0.4 is 31.2 Å². The maximum atomic E-state index is 6.22. The molecule has 0 aliphatic heterocycles. The Kier molecular flexibility index (Phi) is 18.9. The van der Waals surface area contributed by atoms with E-state index < -0.39 is 0 Å². The number of nitrogen functional groups attached to an aromatic ring is 1. The van der Waals surface area contributed by atoms with E-state index in [-0.39, 0.29) is 5.28 Å². The minimum absolute atomic E-state index is 0.181. The number of ether oxygens (including phenoxy) is 2. The quantitative estimate of drug-likeness (QED) is 0.0547. The third-order valence-corrected chi connectivity index (χ3v) is 8.40. The van der Waals surface area contributed by atoms with E-state index in [2.05, 4.69) is 45.7 Å². The SMILES string of the molecule is CN(C)CCOc1ccc(N)cc1.CN(C)CCOc1ccc(Nc2ncc(Cl)c(NCc3ccccc3)n2)cc1.Clc1ncc(Cl)c(NCc2ccccc2)n1. The maximum absolute atomic E-state index is 6.22. The molecule has 57 heavy (non-hydrogen) atoms. The van der Waals surface area contributed by atoms with Crippen molar-refractivity contribution in [2.45, 2.75) is 13.1 Å². The smallest absolute Gasteiger partial charge is 0.229 e. The molecule has 2 aromatic heterocycles. The number of rotatable bonds is 16. The van der Waals surface area contributed by atoms with Crippen LogP contribution in [-0.4, -0.2) is 84.2 Å². The van der Waals surface area contributed by atoms with Gasteiger partial charge in [-0.25, -0.2) is 9.97 Å². The predicted molar refractivity (Wildman–Crippen MR) is 235 cm³/mol. The van der Waals surface area contributed by atoms with Crippen molar-refractivity contribution in [1.29, 1.82) is 0 Å². The van der Waals surface area contributed by atoms with Crippen LogP contribution in [0.15, 0.2) is 122 Å². The Morgan fingerprint density at radius 3 is 1.53 bits per heavy atom. The van der Waals surface area contributed by atoms with Crippen molar-refractivity contribution in [1.82, 2.24) is 29.7 Å². The maximum Gasteiger partial charge on any atom is 0.229 e. The van der Waals surface area contributed by atoms with E-state index in [9.17, 15) is 0 Å². The zero-order valence-electron chi connectivity index (χ0n) is 32.5. The Hall–Kier alpha value is -5.37. The van der Waals surface area contributed by atoms with Crippen LogP contribution in [0.1, 0.15) is 11.1 Å². The van der Waals surface area contributed by atoms with Gasteiger partial charge in [0.1, 0.15) is 40.6 Å². The first-order valence-corrected chi connectivity index (χ1v) is 19.2. The zero-order chi connectivity index (χ0) is 40.8. The highest BCUT2D eigenvalue weighted by Crippen LogP contribution is 2.24. The molecular weight excluding hydrogens is 783 g/mol. The molecule has 0 unspecified atom stereocenters. The van der Waals surface area contributed by atoms with Crippen LogP contribution in [0.5, 0.6) is 11.5 Å². The third-order valence-electron chi connectivity index (χ3n) is 7.67. The van der Waals surface area contributed by atoms with Crippen LogP contribution in [0.3, 0.4) is 0 Å². The minimum atomic E-state index is 0.181. The molecule has 15 heteroatoms. The third kappa shape index (κ3) is 17.5. The summed E-state index contributed by atoms with van der Waals surface area (Å²) in [6.45, 7) is 4.43. The van der Waals surface area contributed by atoms with Crippen LogP contribution in [0.25, 0.3) is 0 Å². The molecule has 0 aliphatic rings. The minimum Gasteiger partial charge on any atom is -0.492 e. The zero-order valence-corrected chi connectivity index (χ0v) is 34.8. The van der Waals surface area contributed by atoms with Gasteiger partial charge in [0.2, 0.25) is 11.2 Å². The summed E-state index contributed by atoms with van der Waals surface area (Å²) in [4.78, 5) is 20.7. The van der Waals surface area contributed by atoms with Gasteiger partial charge in [-0.05, 0) is 99.4 Å². The summed E-state index contributed by atoms with van der Waals surface area (Å²) in [5, 5.41) is 10.7. The van der Waals surface area contributed by atoms with Gasteiger partial charge >= 0.3 is 0 Å². The Morgan fingerprint density at radius 1 is 0.579 bits per heavy atom. The number of benzene rings is 4. The molecule has 12 nitrogen and oxygen atoms in total. The van der Waals surface area contributed by atoms with Gasteiger partial charge in [-0.1, -0.05) is 83.9 Å². The van der Waals surface area contributed by atoms with E-state index in [1.54, 1.807) is 6.20 Å². The second-order valence-electron chi connectivity index (χ2n) is 12.9. The van der Waals surface area contributed by atoms with E-state index in [0.717, 1.165) is 47.1 Å². The largest absolute Gasteiger partial charge is 0.492 e. The summed E-state index contributed by atoms with van der Waals surface area (Å²) in [7, 11) is 8.08. The number of hydrogen-bond acceptors (Lipinski definition) is 12. The molecule has 0 fully saturated rings. The predicted octanol–water partition coefficient (Wildman–Crippen LogP) is 9.03. The summed E-state index contributed by atoms with van der Waals surface area (Å²) in [5.41, 5.74) is 9.47. The van der Waals surface area contributed by atoms with Crippen molar-refractivity contribution in [2.75, 3.05) is 76.2 Å². The summed E-state index contributed by atoms with van der Waals surface area (Å²) in [6.07, 6.45) is 3.06. The molecule has 0 atom stereocenters. The average molecular weight is 832 g/mol. The lowest BCUT2D eigenvalue weighted by molar-refractivity contribution is 0.261. The lowest BCUT2D eigenvalue weighted by Gasteiger charge is -2.12. The fraction of sp³-hybridized carbons (Fsp3) is 0.238. The molecule has 6 rings (SSSR count). The normalized spacial score (nSPS) is 10.5. The van der Waals surface area contributed by atoms with Crippen LogP contribution in [0.4, 0.5) is 29.0 Å². The van der Waals surface area contributed by atoms with Gasteiger partial charge < -0.3 is 41.0 Å². The number of likely N-dealkylation sites (N-methyl/N-ethyl adjacent to an activating group) is 2. The van der Waals surface area contributed by atoms with Crippen molar-refractivity contribution in [3.05, 3.63) is 148 Å². The van der Waals surface area contributed by atoms with Gasteiger partial charge in [0.15, 0.2) is 5.82 Å². The first-order valence-electron chi connectivity index (χ1n) is 18.1.